The molecule has 0 aromatic heterocycles. The van der Waals surface area contributed by atoms with E-state index in [2.05, 4.69) is 5.32 Å². The number of nitrogens with zero attached hydrogens (tertiary/aromatic N) is 2. The van der Waals surface area contributed by atoms with E-state index in [0.29, 0.717) is 22.6 Å². The minimum absolute atomic E-state index is 0.175. The van der Waals surface area contributed by atoms with Crippen LogP contribution in [0.3, 0.4) is 0 Å². The molecular formula is C26H22ClN3O5. The third-order valence-electron chi connectivity index (χ3n) is 5.11. The first-order valence-corrected chi connectivity index (χ1v) is 10.8. The highest BCUT2D eigenvalue weighted by atomic mass is 35.5. The van der Waals surface area contributed by atoms with Gasteiger partial charge in [-0.25, -0.2) is 0 Å². The summed E-state index contributed by atoms with van der Waals surface area (Å²) in [6.07, 6.45) is 1.35. The predicted molar refractivity (Wildman–Crippen MR) is 134 cm³/mol. The molecule has 3 aromatic rings. The number of amides is 1. The van der Waals surface area contributed by atoms with E-state index in [-0.39, 0.29) is 28.6 Å². The normalized spacial score (nSPS) is 10.9. The Morgan fingerprint density at radius 2 is 1.89 bits per heavy atom. The summed E-state index contributed by atoms with van der Waals surface area (Å²) in [6.45, 7) is 3.96. The van der Waals surface area contributed by atoms with Crippen LogP contribution in [0.2, 0.25) is 5.02 Å². The second-order valence-corrected chi connectivity index (χ2v) is 8.10. The largest absolute Gasteiger partial charge is 0.493 e. The first-order valence-electron chi connectivity index (χ1n) is 10.5. The molecule has 0 spiro atoms. The van der Waals surface area contributed by atoms with E-state index in [1.807, 2.05) is 37.3 Å². The predicted octanol–water partition coefficient (Wildman–Crippen LogP) is 6.00. The maximum absolute atomic E-state index is 12.7. The number of anilines is 1. The third-order valence-corrected chi connectivity index (χ3v) is 5.39. The molecule has 9 heteroatoms. The van der Waals surface area contributed by atoms with Gasteiger partial charge in [-0.15, -0.1) is 0 Å². The summed E-state index contributed by atoms with van der Waals surface area (Å²) < 4.78 is 11.3. The van der Waals surface area contributed by atoms with Crippen molar-refractivity contribution in [2.45, 2.75) is 20.5 Å². The molecule has 0 fully saturated rings. The van der Waals surface area contributed by atoms with E-state index in [1.165, 1.54) is 31.4 Å². The van der Waals surface area contributed by atoms with Gasteiger partial charge in [0.15, 0.2) is 11.5 Å². The van der Waals surface area contributed by atoms with Crippen LogP contribution in [-0.2, 0) is 11.4 Å². The van der Waals surface area contributed by atoms with Gasteiger partial charge >= 0.3 is 0 Å². The monoisotopic (exact) mass is 491 g/mol. The molecule has 0 unspecified atom stereocenters. The molecule has 0 heterocycles. The SMILES string of the molecule is COc1cc(/C=C(\C#N)C(=O)Nc2cc([N+](=O)[O-])ccc2C)cc(Cl)c1OCc1ccc(C)cc1. The van der Waals surface area contributed by atoms with Crippen molar-refractivity contribution in [2.75, 3.05) is 12.4 Å². The Bertz CT molecular complexity index is 1340. The molecule has 0 aliphatic heterocycles. The minimum atomic E-state index is -0.717. The van der Waals surface area contributed by atoms with Gasteiger partial charge in [-0.1, -0.05) is 47.5 Å². The fraction of sp³-hybridized carbons (Fsp3) is 0.154. The highest BCUT2D eigenvalue weighted by Crippen LogP contribution is 2.37. The van der Waals surface area contributed by atoms with E-state index in [1.54, 1.807) is 19.1 Å². The summed E-state index contributed by atoms with van der Waals surface area (Å²) in [5.41, 5.74) is 2.99. The van der Waals surface area contributed by atoms with Crippen LogP contribution in [0.5, 0.6) is 11.5 Å². The van der Waals surface area contributed by atoms with Crippen LogP contribution in [0.1, 0.15) is 22.3 Å². The number of nitrogens with one attached hydrogen (secondary N) is 1. The number of aryl methyl sites for hydroxylation is 2. The van der Waals surface area contributed by atoms with Gasteiger partial charge in [0.1, 0.15) is 18.2 Å². The van der Waals surface area contributed by atoms with Gasteiger partial charge in [0, 0.05) is 12.1 Å². The summed E-state index contributed by atoms with van der Waals surface area (Å²) in [5, 5.41) is 23.4. The summed E-state index contributed by atoms with van der Waals surface area (Å²) in [4.78, 5) is 23.2. The van der Waals surface area contributed by atoms with E-state index >= 15 is 0 Å². The molecule has 0 atom stereocenters. The Balaban J connectivity index is 1.84. The zero-order valence-electron chi connectivity index (χ0n) is 19.3. The number of nitriles is 1. The molecule has 0 saturated carbocycles. The molecule has 35 heavy (non-hydrogen) atoms. The zero-order chi connectivity index (χ0) is 25.5. The number of benzene rings is 3. The lowest BCUT2D eigenvalue weighted by molar-refractivity contribution is -0.384. The number of hydrogen-bond acceptors (Lipinski definition) is 6. The Hall–Kier alpha value is -4.35. The number of nitro groups is 1. The number of carbonyl (C=O) groups is 1. The number of ether oxygens (including phenoxy) is 2. The first kappa shape index (κ1) is 25.3. The van der Waals surface area contributed by atoms with Crippen molar-refractivity contribution in [2.24, 2.45) is 0 Å². The van der Waals surface area contributed by atoms with Crippen LogP contribution in [0.4, 0.5) is 11.4 Å². The first-order chi connectivity index (χ1) is 16.7. The van der Waals surface area contributed by atoms with Crippen LogP contribution in [0.15, 0.2) is 60.2 Å². The molecule has 3 aromatic carbocycles. The quantitative estimate of drug-likeness (QED) is 0.179. The molecular weight excluding hydrogens is 470 g/mol. The third kappa shape index (κ3) is 6.37. The number of nitro benzene ring substituents is 1. The van der Waals surface area contributed by atoms with Gasteiger partial charge in [-0.2, -0.15) is 5.26 Å². The minimum Gasteiger partial charge on any atom is -0.493 e. The van der Waals surface area contributed by atoms with Crippen molar-refractivity contribution >= 4 is 35.0 Å². The number of hydrogen-bond donors (Lipinski definition) is 1. The number of rotatable bonds is 8. The molecule has 3 rings (SSSR count). The highest BCUT2D eigenvalue weighted by molar-refractivity contribution is 6.32. The molecule has 0 saturated heterocycles. The van der Waals surface area contributed by atoms with E-state index < -0.39 is 10.8 Å². The molecule has 0 aliphatic carbocycles. The van der Waals surface area contributed by atoms with Crippen molar-refractivity contribution < 1.29 is 19.2 Å². The fourth-order valence-electron chi connectivity index (χ4n) is 3.17. The lowest BCUT2D eigenvalue weighted by atomic mass is 10.1. The summed E-state index contributed by atoms with van der Waals surface area (Å²) in [7, 11) is 1.46. The van der Waals surface area contributed by atoms with Crippen molar-refractivity contribution in [1.29, 1.82) is 5.26 Å². The van der Waals surface area contributed by atoms with Gasteiger partial charge in [0.25, 0.3) is 11.6 Å². The molecule has 0 bridgehead atoms. The Kier molecular flexibility index (Phi) is 8.08. The van der Waals surface area contributed by atoms with E-state index in [4.69, 9.17) is 21.1 Å². The molecule has 0 radical (unpaired) electrons. The number of halogens is 1. The Labute approximate surface area is 207 Å². The number of non-ortho nitro benzene ring substituents is 1. The van der Waals surface area contributed by atoms with Gasteiger partial charge in [0.2, 0.25) is 0 Å². The number of carbonyl (C=O) groups excluding carboxylic acids is 1. The average Bonchev–Trinajstić information content (AvgIpc) is 2.83. The van der Waals surface area contributed by atoms with E-state index in [0.717, 1.165) is 11.1 Å². The number of methoxy groups -OCH3 is 1. The Morgan fingerprint density at radius 1 is 1.17 bits per heavy atom. The van der Waals surface area contributed by atoms with Crippen LogP contribution in [-0.4, -0.2) is 17.9 Å². The van der Waals surface area contributed by atoms with Gasteiger partial charge in [-0.3, -0.25) is 14.9 Å². The van der Waals surface area contributed by atoms with Gasteiger partial charge in [0.05, 0.1) is 22.7 Å². The lowest BCUT2D eigenvalue weighted by Crippen LogP contribution is -2.14. The van der Waals surface area contributed by atoms with Crippen LogP contribution in [0.25, 0.3) is 6.08 Å². The van der Waals surface area contributed by atoms with Crippen molar-refractivity contribution in [3.63, 3.8) is 0 Å². The molecule has 1 amide bonds. The lowest BCUT2D eigenvalue weighted by Gasteiger charge is -2.14. The fourth-order valence-corrected chi connectivity index (χ4v) is 3.44. The van der Waals surface area contributed by atoms with E-state index in [9.17, 15) is 20.2 Å². The zero-order valence-corrected chi connectivity index (χ0v) is 20.1. The standard InChI is InChI=1S/C26H22ClN3O5/c1-16-4-7-18(8-5-16)15-35-25-22(27)11-19(12-24(25)34-3)10-20(14-28)26(31)29-23-13-21(30(32)33)9-6-17(23)2/h4-13H,15H2,1-3H3,(H,29,31)/b20-10+. The summed E-state index contributed by atoms with van der Waals surface area (Å²) >= 11 is 6.43. The topological polar surface area (TPSA) is 114 Å². The van der Waals surface area contributed by atoms with Crippen LogP contribution >= 0.6 is 11.6 Å². The molecule has 8 nitrogen and oxygen atoms in total. The Morgan fingerprint density at radius 3 is 2.51 bits per heavy atom. The second-order valence-electron chi connectivity index (χ2n) is 7.69. The van der Waals surface area contributed by atoms with Crippen molar-refractivity contribution in [3.8, 4) is 17.6 Å². The smallest absolute Gasteiger partial charge is 0.271 e. The van der Waals surface area contributed by atoms with Crippen LogP contribution in [0, 0.1) is 35.3 Å². The van der Waals surface area contributed by atoms with Gasteiger partial charge in [-0.05, 0) is 48.7 Å². The molecule has 178 valence electrons. The maximum Gasteiger partial charge on any atom is 0.271 e. The summed E-state index contributed by atoms with van der Waals surface area (Å²) in [5.74, 6) is -0.0453. The highest BCUT2D eigenvalue weighted by Gasteiger charge is 2.16. The maximum atomic E-state index is 12.7. The van der Waals surface area contributed by atoms with Crippen molar-refractivity contribution in [1.82, 2.24) is 0 Å². The van der Waals surface area contributed by atoms with Crippen molar-refractivity contribution in [3.05, 3.63) is 97.6 Å². The van der Waals surface area contributed by atoms with Gasteiger partial charge < -0.3 is 14.8 Å². The molecule has 0 aliphatic rings. The van der Waals surface area contributed by atoms with Crippen LogP contribution < -0.4 is 14.8 Å². The summed E-state index contributed by atoms with van der Waals surface area (Å²) in [6, 6.07) is 17.0. The second kappa shape index (κ2) is 11.2. The average molecular weight is 492 g/mol. The molecule has 1 N–H and O–H groups in total.